The van der Waals surface area contributed by atoms with Gasteiger partial charge in [-0.25, -0.2) is 4.98 Å². The molecule has 3 heterocycles. The minimum Gasteiger partial charge on any atom is -0.328 e. The Kier molecular flexibility index (Phi) is 3.77. The fourth-order valence-corrected chi connectivity index (χ4v) is 4.65. The highest BCUT2D eigenvalue weighted by Gasteiger charge is 2.31. The van der Waals surface area contributed by atoms with Crippen molar-refractivity contribution in [2.45, 2.75) is 45.2 Å². The molecule has 0 bridgehead atoms. The van der Waals surface area contributed by atoms with E-state index in [-0.39, 0.29) is 16.5 Å². The SMILES string of the molecule is Cc1c2c(n(C)c(=O)c1Cl)CN(C(=O)c1cnc(C3CCC3)s1)C2. The molecule has 1 aliphatic carbocycles. The van der Waals surface area contributed by atoms with Crippen molar-refractivity contribution >= 4 is 28.8 Å². The third kappa shape index (κ3) is 2.31. The van der Waals surface area contributed by atoms with Gasteiger partial charge < -0.3 is 9.47 Å². The van der Waals surface area contributed by atoms with Crippen molar-refractivity contribution in [3.05, 3.63) is 48.3 Å². The summed E-state index contributed by atoms with van der Waals surface area (Å²) in [6.07, 6.45) is 5.30. The number of pyridine rings is 1. The fourth-order valence-electron chi connectivity index (χ4n) is 3.35. The predicted molar refractivity (Wildman–Crippen MR) is 93.7 cm³/mol. The van der Waals surface area contributed by atoms with E-state index in [1.165, 1.54) is 30.6 Å². The zero-order chi connectivity index (χ0) is 17.0. The summed E-state index contributed by atoms with van der Waals surface area (Å²) in [7, 11) is 1.71. The first-order valence-corrected chi connectivity index (χ1v) is 9.28. The average Bonchev–Trinajstić information content (AvgIpc) is 3.16. The molecule has 0 saturated heterocycles. The monoisotopic (exact) mass is 363 g/mol. The van der Waals surface area contributed by atoms with Crippen LogP contribution in [-0.4, -0.2) is 20.4 Å². The highest BCUT2D eigenvalue weighted by atomic mass is 35.5. The van der Waals surface area contributed by atoms with E-state index >= 15 is 0 Å². The summed E-state index contributed by atoms with van der Waals surface area (Å²) in [5, 5.41) is 1.32. The highest BCUT2D eigenvalue weighted by Crippen LogP contribution is 2.38. The van der Waals surface area contributed by atoms with E-state index in [0.717, 1.165) is 21.8 Å². The number of thiazole rings is 1. The van der Waals surface area contributed by atoms with Crippen LogP contribution in [0.1, 0.15) is 56.7 Å². The van der Waals surface area contributed by atoms with Crippen LogP contribution in [0.5, 0.6) is 0 Å². The number of halogens is 1. The van der Waals surface area contributed by atoms with Gasteiger partial charge in [0.2, 0.25) is 0 Å². The third-order valence-corrected chi connectivity index (χ3v) is 6.79. The topological polar surface area (TPSA) is 55.2 Å². The summed E-state index contributed by atoms with van der Waals surface area (Å²) in [6.45, 7) is 2.77. The number of carbonyl (C=O) groups excluding carboxylic acids is 1. The minimum atomic E-state index is -0.202. The zero-order valence-electron chi connectivity index (χ0n) is 13.6. The van der Waals surface area contributed by atoms with E-state index in [2.05, 4.69) is 4.98 Å². The Balaban J connectivity index is 1.61. The van der Waals surface area contributed by atoms with Crippen LogP contribution in [0.4, 0.5) is 0 Å². The molecule has 24 heavy (non-hydrogen) atoms. The van der Waals surface area contributed by atoms with Gasteiger partial charge in [0.15, 0.2) is 0 Å². The standard InChI is InChI=1S/C17H18ClN3O2S/c1-9-11-7-21(8-12(11)20(2)17(23)14(9)18)16(22)13-6-19-15(24-13)10-4-3-5-10/h6,10H,3-5,7-8H2,1-2H3. The second kappa shape index (κ2) is 5.70. The number of aromatic nitrogens is 2. The lowest BCUT2D eigenvalue weighted by molar-refractivity contribution is 0.0754. The Hall–Kier alpha value is -1.66. The van der Waals surface area contributed by atoms with Gasteiger partial charge in [0.25, 0.3) is 11.5 Å². The van der Waals surface area contributed by atoms with Crippen LogP contribution >= 0.6 is 22.9 Å². The molecule has 1 saturated carbocycles. The van der Waals surface area contributed by atoms with Gasteiger partial charge >= 0.3 is 0 Å². The van der Waals surface area contributed by atoms with Gasteiger partial charge in [-0.2, -0.15) is 0 Å². The maximum atomic E-state index is 12.8. The lowest BCUT2D eigenvalue weighted by atomic mass is 9.86. The van der Waals surface area contributed by atoms with Crippen molar-refractivity contribution in [3.8, 4) is 0 Å². The van der Waals surface area contributed by atoms with Gasteiger partial charge in [0.05, 0.1) is 17.7 Å². The lowest BCUT2D eigenvalue weighted by Gasteiger charge is -2.22. The van der Waals surface area contributed by atoms with E-state index < -0.39 is 0 Å². The number of nitrogens with zero attached hydrogens (tertiary/aromatic N) is 3. The molecule has 7 heteroatoms. The van der Waals surface area contributed by atoms with E-state index in [0.29, 0.717) is 23.9 Å². The Morgan fingerprint density at radius 1 is 1.38 bits per heavy atom. The Morgan fingerprint density at radius 2 is 2.12 bits per heavy atom. The molecule has 2 aromatic rings. The largest absolute Gasteiger partial charge is 0.328 e. The molecule has 1 amide bonds. The van der Waals surface area contributed by atoms with Crippen LogP contribution < -0.4 is 5.56 Å². The van der Waals surface area contributed by atoms with Gasteiger partial charge in [-0.15, -0.1) is 11.3 Å². The molecule has 0 aromatic carbocycles. The summed E-state index contributed by atoms with van der Waals surface area (Å²) in [4.78, 5) is 31.8. The quantitative estimate of drug-likeness (QED) is 0.823. The average molecular weight is 364 g/mol. The second-order valence-electron chi connectivity index (χ2n) is 6.58. The third-order valence-electron chi connectivity index (χ3n) is 5.19. The van der Waals surface area contributed by atoms with E-state index in [9.17, 15) is 9.59 Å². The minimum absolute atomic E-state index is 0.0164. The van der Waals surface area contributed by atoms with Crippen molar-refractivity contribution < 1.29 is 4.79 Å². The molecule has 1 fully saturated rings. The summed E-state index contributed by atoms with van der Waals surface area (Å²) in [6, 6.07) is 0. The normalized spacial score (nSPS) is 17.0. The summed E-state index contributed by atoms with van der Waals surface area (Å²) < 4.78 is 1.56. The molecule has 0 spiro atoms. The summed E-state index contributed by atoms with van der Waals surface area (Å²) >= 11 is 7.64. The van der Waals surface area contributed by atoms with E-state index in [1.807, 2.05) is 6.92 Å². The molecule has 2 aromatic heterocycles. The first kappa shape index (κ1) is 15.8. The second-order valence-corrected chi connectivity index (χ2v) is 8.02. The molecule has 126 valence electrons. The molecular formula is C17H18ClN3O2S. The summed E-state index contributed by atoms with van der Waals surface area (Å²) in [5.41, 5.74) is 2.44. The maximum absolute atomic E-state index is 12.8. The molecule has 1 aliphatic heterocycles. The lowest BCUT2D eigenvalue weighted by Crippen LogP contribution is -2.26. The smallest absolute Gasteiger partial charge is 0.269 e. The number of fused-ring (bicyclic) bond motifs is 1. The summed E-state index contributed by atoms with van der Waals surface area (Å²) in [5.74, 6) is 0.520. The number of hydrogen-bond acceptors (Lipinski definition) is 4. The predicted octanol–water partition coefficient (Wildman–Crippen LogP) is 3.23. The van der Waals surface area contributed by atoms with Gasteiger partial charge in [0, 0.05) is 25.2 Å². The van der Waals surface area contributed by atoms with Crippen LogP contribution in [0.15, 0.2) is 11.0 Å². The number of carbonyl (C=O) groups is 1. The van der Waals surface area contributed by atoms with Crippen LogP contribution in [-0.2, 0) is 20.1 Å². The molecule has 0 N–H and O–H groups in total. The van der Waals surface area contributed by atoms with Crippen molar-refractivity contribution in [2.24, 2.45) is 7.05 Å². The Morgan fingerprint density at radius 3 is 2.79 bits per heavy atom. The molecule has 4 rings (SSSR count). The van der Waals surface area contributed by atoms with E-state index in [1.54, 1.807) is 22.7 Å². The van der Waals surface area contributed by atoms with Crippen molar-refractivity contribution in [1.82, 2.24) is 14.5 Å². The number of rotatable bonds is 2. The molecule has 0 unspecified atom stereocenters. The van der Waals surface area contributed by atoms with Gasteiger partial charge in [-0.3, -0.25) is 9.59 Å². The van der Waals surface area contributed by atoms with Gasteiger partial charge in [0.1, 0.15) is 9.90 Å². The molecule has 0 atom stereocenters. The highest BCUT2D eigenvalue weighted by molar-refractivity contribution is 7.13. The molecule has 0 radical (unpaired) electrons. The van der Waals surface area contributed by atoms with Crippen molar-refractivity contribution in [1.29, 1.82) is 0 Å². The number of hydrogen-bond donors (Lipinski definition) is 0. The molecule has 2 aliphatic rings. The van der Waals surface area contributed by atoms with Crippen LogP contribution in [0.2, 0.25) is 5.02 Å². The zero-order valence-corrected chi connectivity index (χ0v) is 15.2. The van der Waals surface area contributed by atoms with Crippen LogP contribution in [0.3, 0.4) is 0 Å². The van der Waals surface area contributed by atoms with E-state index in [4.69, 9.17) is 11.6 Å². The number of amides is 1. The van der Waals surface area contributed by atoms with Crippen LogP contribution in [0, 0.1) is 6.92 Å². The first-order chi connectivity index (χ1) is 11.5. The van der Waals surface area contributed by atoms with Crippen molar-refractivity contribution in [3.63, 3.8) is 0 Å². The Bertz CT molecular complexity index is 898. The van der Waals surface area contributed by atoms with Crippen molar-refractivity contribution in [2.75, 3.05) is 0 Å². The molecular weight excluding hydrogens is 346 g/mol. The van der Waals surface area contributed by atoms with Gasteiger partial charge in [-0.05, 0) is 30.9 Å². The first-order valence-electron chi connectivity index (χ1n) is 8.09. The van der Waals surface area contributed by atoms with Gasteiger partial charge in [-0.1, -0.05) is 18.0 Å². The fraction of sp³-hybridized carbons (Fsp3) is 0.471. The van der Waals surface area contributed by atoms with Crippen LogP contribution in [0.25, 0.3) is 0 Å². The molecule has 5 nitrogen and oxygen atoms in total. The maximum Gasteiger partial charge on any atom is 0.269 e. The Labute approximate surface area is 148 Å².